The van der Waals surface area contributed by atoms with E-state index < -0.39 is 0 Å². The van der Waals surface area contributed by atoms with Crippen LogP contribution in [0.25, 0.3) is 0 Å². The quantitative estimate of drug-likeness (QED) is 0.923. The Bertz CT molecular complexity index is 740. The van der Waals surface area contributed by atoms with Crippen molar-refractivity contribution < 1.29 is 9.18 Å². The molecule has 1 aliphatic heterocycles. The van der Waals surface area contributed by atoms with Crippen molar-refractivity contribution >= 4 is 5.91 Å². The molecule has 0 bridgehead atoms. The Hall–Kier alpha value is -2.17. The minimum Gasteiger partial charge on any atom is -0.330 e. The molecule has 4 rings (SSSR count). The zero-order valence-electron chi connectivity index (χ0n) is 13.0. The molecule has 1 saturated heterocycles. The number of fused-ring (bicyclic) bond motifs is 1. The number of carbonyl (C=O) groups is 1. The van der Waals surface area contributed by atoms with E-state index in [0.29, 0.717) is 12.2 Å². The topological polar surface area (TPSA) is 49.0 Å². The van der Waals surface area contributed by atoms with Crippen molar-refractivity contribution in [3.63, 3.8) is 0 Å². The summed E-state index contributed by atoms with van der Waals surface area (Å²) < 4.78 is 13.5. The van der Waals surface area contributed by atoms with Crippen LogP contribution in [0.15, 0.2) is 24.3 Å². The average Bonchev–Trinajstić information content (AvgIpc) is 3.21. The molecule has 120 valence electrons. The summed E-state index contributed by atoms with van der Waals surface area (Å²) in [7, 11) is 0. The van der Waals surface area contributed by atoms with Crippen molar-refractivity contribution in [2.45, 2.75) is 44.6 Å². The molecule has 0 radical (unpaired) electrons. The predicted octanol–water partition coefficient (Wildman–Crippen LogP) is 3.40. The maximum atomic E-state index is 13.5. The van der Waals surface area contributed by atoms with Gasteiger partial charge in [-0.05, 0) is 56.2 Å². The number of nitrogens with one attached hydrogen (secondary N) is 1. The maximum absolute atomic E-state index is 13.5. The van der Waals surface area contributed by atoms with E-state index in [1.54, 1.807) is 6.07 Å². The van der Waals surface area contributed by atoms with Crippen LogP contribution < -0.4 is 0 Å². The summed E-state index contributed by atoms with van der Waals surface area (Å²) in [6, 6.07) is 6.54. The van der Waals surface area contributed by atoms with Crippen molar-refractivity contribution in [1.29, 1.82) is 0 Å². The molecule has 1 aliphatic carbocycles. The Morgan fingerprint density at radius 1 is 1.26 bits per heavy atom. The Balaban J connectivity index is 1.64. The van der Waals surface area contributed by atoms with E-state index in [1.807, 2.05) is 11.0 Å². The van der Waals surface area contributed by atoms with Gasteiger partial charge in [0.1, 0.15) is 5.82 Å². The number of aromatic nitrogens is 2. The number of hydrogen-bond donors (Lipinski definition) is 1. The minimum absolute atomic E-state index is 0.0174. The Kier molecular flexibility index (Phi) is 3.63. The Morgan fingerprint density at radius 2 is 2.13 bits per heavy atom. The minimum atomic E-state index is -0.251. The number of benzene rings is 1. The van der Waals surface area contributed by atoms with Gasteiger partial charge in [-0.25, -0.2) is 4.39 Å². The highest BCUT2D eigenvalue weighted by Crippen LogP contribution is 2.34. The van der Waals surface area contributed by atoms with Crippen LogP contribution >= 0.6 is 0 Å². The number of aryl methyl sites for hydroxylation is 1. The van der Waals surface area contributed by atoms with E-state index >= 15 is 0 Å². The number of amides is 1. The van der Waals surface area contributed by atoms with Crippen molar-refractivity contribution in [3.8, 4) is 0 Å². The van der Waals surface area contributed by atoms with E-state index in [4.69, 9.17) is 0 Å². The number of halogens is 1. The lowest BCUT2D eigenvalue weighted by Crippen LogP contribution is -2.31. The summed E-state index contributed by atoms with van der Waals surface area (Å²) in [4.78, 5) is 14.9. The molecule has 2 heterocycles. The number of carbonyl (C=O) groups excluding carboxylic acids is 1. The van der Waals surface area contributed by atoms with E-state index in [0.717, 1.165) is 55.3 Å². The fraction of sp³-hybridized carbons (Fsp3) is 0.444. The lowest BCUT2D eigenvalue weighted by Gasteiger charge is -2.25. The number of likely N-dealkylation sites (tertiary alicyclic amines) is 1. The molecule has 1 N–H and O–H groups in total. The molecular weight excluding hydrogens is 293 g/mol. The summed E-state index contributed by atoms with van der Waals surface area (Å²) in [6.07, 6.45) is 5.98. The maximum Gasteiger partial charge on any atom is 0.275 e. The van der Waals surface area contributed by atoms with Crippen molar-refractivity contribution in [2.75, 3.05) is 6.54 Å². The van der Waals surface area contributed by atoms with Crippen LogP contribution in [-0.4, -0.2) is 27.5 Å². The van der Waals surface area contributed by atoms with Crippen molar-refractivity contribution in [2.24, 2.45) is 0 Å². The van der Waals surface area contributed by atoms with Gasteiger partial charge in [0, 0.05) is 17.8 Å². The van der Waals surface area contributed by atoms with Crippen LogP contribution in [0.5, 0.6) is 0 Å². The average molecular weight is 313 g/mol. The summed E-state index contributed by atoms with van der Waals surface area (Å²) in [5, 5.41) is 7.33. The molecular formula is C18H20FN3O. The van der Waals surface area contributed by atoms with Crippen molar-refractivity contribution in [1.82, 2.24) is 15.1 Å². The third kappa shape index (κ3) is 2.54. The molecule has 1 aromatic heterocycles. The second kappa shape index (κ2) is 5.80. The highest BCUT2D eigenvalue weighted by molar-refractivity contribution is 5.94. The molecule has 2 aliphatic rings. The lowest BCUT2D eigenvalue weighted by atomic mass is 9.95. The van der Waals surface area contributed by atoms with Crippen LogP contribution in [-0.2, 0) is 12.8 Å². The predicted molar refractivity (Wildman–Crippen MR) is 84.6 cm³/mol. The van der Waals surface area contributed by atoms with E-state index in [1.165, 1.54) is 12.1 Å². The van der Waals surface area contributed by atoms with Crippen LogP contribution in [0.2, 0.25) is 0 Å². The molecule has 4 nitrogen and oxygen atoms in total. The first kappa shape index (κ1) is 14.4. The molecule has 1 amide bonds. The fourth-order valence-corrected chi connectivity index (χ4v) is 3.86. The van der Waals surface area contributed by atoms with Gasteiger partial charge >= 0.3 is 0 Å². The van der Waals surface area contributed by atoms with Crippen LogP contribution in [0.1, 0.15) is 59.0 Å². The number of rotatable bonds is 2. The molecule has 0 unspecified atom stereocenters. The molecule has 23 heavy (non-hydrogen) atoms. The number of hydrogen-bond acceptors (Lipinski definition) is 2. The van der Waals surface area contributed by atoms with Gasteiger partial charge in [-0.15, -0.1) is 0 Å². The van der Waals surface area contributed by atoms with Gasteiger partial charge in [0.05, 0.1) is 6.04 Å². The molecule has 5 heteroatoms. The smallest absolute Gasteiger partial charge is 0.275 e. The van der Waals surface area contributed by atoms with E-state index in [9.17, 15) is 9.18 Å². The SMILES string of the molecule is O=C(c1n[nH]c2c1CCCC2)N1CCC[C@@H]1c1cccc(F)c1. The Morgan fingerprint density at radius 3 is 3.00 bits per heavy atom. The monoisotopic (exact) mass is 313 g/mol. The highest BCUT2D eigenvalue weighted by Gasteiger charge is 2.33. The number of nitrogens with zero attached hydrogens (tertiary/aromatic N) is 2. The van der Waals surface area contributed by atoms with Gasteiger partial charge in [-0.2, -0.15) is 5.10 Å². The summed E-state index contributed by atoms with van der Waals surface area (Å²) in [5.41, 5.74) is 3.65. The number of aromatic amines is 1. The molecule has 2 aromatic rings. The van der Waals surface area contributed by atoms with Gasteiger partial charge in [0.2, 0.25) is 0 Å². The first-order valence-electron chi connectivity index (χ1n) is 8.36. The second-order valence-corrected chi connectivity index (χ2v) is 6.45. The Labute approximate surface area is 134 Å². The summed E-state index contributed by atoms with van der Waals surface area (Å²) in [5.74, 6) is -0.268. The second-order valence-electron chi connectivity index (χ2n) is 6.45. The van der Waals surface area contributed by atoms with Crippen molar-refractivity contribution in [3.05, 3.63) is 52.6 Å². The highest BCUT2D eigenvalue weighted by atomic mass is 19.1. The zero-order chi connectivity index (χ0) is 15.8. The van der Waals surface area contributed by atoms with E-state index in [2.05, 4.69) is 10.2 Å². The van der Waals surface area contributed by atoms with Gasteiger partial charge in [0.25, 0.3) is 5.91 Å². The van der Waals surface area contributed by atoms with Crippen LogP contribution in [0.3, 0.4) is 0 Å². The van der Waals surface area contributed by atoms with Gasteiger partial charge < -0.3 is 4.90 Å². The first-order valence-corrected chi connectivity index (χ1v) is 8.36. The summed E-state index contributed by atoms with van der Waals surface area (Å²) in [6.45, 7) is 0.710. The van der Waals surface area contributed by atoms with Gasteiger partial charge in [0.15, 0.2) is 5.69 Å². The molecule has 0 spiro atoms. The van der Waals surface area contributed by atoms with Crippen LogP contribution in [0.4, 0.5) is 4.39 Å². The van der Waals surface area contributed by atoms with Gasteiger partial charge in [-0.1, -0.05) is 12.1 Å². The fourth-order valence-electron chi connectivity index (χ4n) is 3.86. The van der Waals surface area contributed by atoms with Crippen LogP contribution in [0, 0.1) is 5.82 Å². The summed E-state index contributed by atoms with van der Waals surface area (Å²) >= 11 is 0. The molecule has 1 atom stereocenters. The zero-order valence-corrected chi connectivity index (χ0v) is 13.0. The van der Waals surface area contributed by atoms with Gasteiger partial charge in [-0.3, -0.25) is 9.89 Å². The molecule has 1 fully saturated rings. The number of H-pyrrole nitrogens is 1. The lowest BCUT2D eigenvalue weighted by molar-refractivity contribution is 0.0728. The third-order valence-electron chi connectivity index (χ3n) is 5.01. The van der Waals surface area contributed by atoms with E-state index in [-0.39, 0.29) is 17.8 Å². The standard InChI is InChI=1S/C18H20FN3O/c19-13-6-3-5-12(11-13)16-9-4-10-22(16)18(23)17-14-7-1-2-8-15(14)20-21-17/h3,5-6,11,16H,1-2,4,7-10H2,(H,20,21)/t16-/m1/s1. The largest absolute Gasteiger partial charge is 0.330 e. The normalized spacial score (nSPS) is 20.6. The third-order valence-corrected chi connectivity index (χ3v) is 5.01. The first-order chi connectivity index (χ1) is 11.2. The molecule has 1 aromatic carbocycles. The molecule has 0 saturated carbocycles.